The highest BCUT2D eigenvalue weighted by Gasteiger charge is 2.26. The zero-order valence-corrected chi connectivity index (χ0v) is 10.9. The van der Waals surface area contributed by atoms with Crippen LogP contribution in [0.3, 0.4) is 0 Å². The Morgan fingerprint density at radius 2 is 2.15 bits per heavy atom. The van der Waals surface area contributed by atoms with Crippen molar-refractivity contribution < 1.29 is 8.78 Å². The molecule has 1 aliphatic rings. The maximum absolute atomic E-state index is 13.7. The summed E-state index contributed by atoms with van der Waals surface area (Å²) in [5.74, 6) is -0.145. The molecule has 2 aromatic rings. The fraction of sp³-hybridized carbons (Fsp3) is 0.357. The Hall–Kier alpha value is -1.95. The zero-order valence-electron chi connectivity index (χ0n) is 10.9. The van der Waals surface area contributed by atoms with Crippen LogP contribution >= 0.6 is 0 Å². The number of H-pyrrole nitrogens is 1. The number of hydrogen-bond donors (Lipinski definition) is 2. The van der Waals surface area contributed by atoms with Crippen molar-refractivity contribution in [1.29, 1.82) is 0 Å². The molecule has 0 saturated carbocycles. The molecule has 0 radical (unpaired) electrons. The monoisotopic (exact) mass is 278 g/mol. The predicted molar refractivity (Wildman–Crippen MR) is 72.4 cm³/mol. The average Bonchev–Trinajstić information content (AvgIpc) is 3.07. The standard InChI is InChI=1S/C14H16F2N4/c15-11-2-1-3-12(16)14(11)20-7-4-10(9-20)19-8-13-17-5-6-18-13/h1-3,5-6,10,19H,4,7-9H2,(H,17,18). The van der Waals surface area contributed by atoms with Gasteiger partial charge in [-0.1, -0.05) is 6.07 Å². The Kier molecular flexibility index (Phi) is 3.64. The normalized spacial score (nSPS) is 18.7. The van der Waals surface area contributed by atoms with Gasteiger partial charge in [-0.3, -0.25) is 0 Å². The summed E-state index contributed by atoms with van der Waals surface area (Å²) in [6.07, 6.45) is 4.33. The smallest absolute Gasteiger partial charge is 0.149 e. The van der Waals surface area contributed by atoms with Crippen molar-refractivity contribution in [3.8, 4) is 0 Å². The summed E-state index contributed by atoms with van der Waals surface area (Å²) in [6, 6.07) is 4.18. The van der Waals surface area contributed by atoms with Crippen LogP contribution in [0.25, 0.3) is 0 Å². The van der Waals surface area contributed by atoms with Crippen LogP contribution in [0.1, 0.15) is 12.2 Å². The number of imidazole rings is 1. The van der Waals surface area contributed by atoms with E-state index in [0.717, 1.165) is 12.2 Å². The largest absolute Gasteiger partial charge is 0.365 e. The summed E-state index contributed by atoms with van der Waals surface area (Å²) in [5, 5.41) is 3.34. The second-order valence-electron chi connectivity index (χ2n) is 4.92. The number of aromatic amines is 1. The average molecular weight is 278 g/mol. The lowest BCUT2D eigenvalue weighted by molar-refractivity contribution is 0.537. The second-order valence-corrected chi connectivity index (χ2v) is 4.92. The molecule has 106 valence electrons. The van der Waals surface area contributed by atoms with Gasteiger partial charge in [-0.2, -0.15) is 0 Å². The van der Waals surface area contributed by atoms with E-state index in [-0.39, 0.29) is 11.7 Å². The SMILES string of the molecule is Fc1cccc(F)c1N1CCC(NCc2ncc[nH]2)C1. The first-order chi connectivity index (χ1) is 9.74. The van der Waals surface area contributed by atoms with Gasteiger partial charge in [0, 0.05) is 31.5 Å². The van der Waals surface area contributed by atoms with Crippen molar-refractivity contribution in [2.75, 3.05) is 18.0 Å². The summed E-state index contributed by atoms with van der Waals surface area (Å²) in [4.78, 5) is 8.90. The molecular formula is C14H16F2N4. The van der Waals surface area contributed by atoms with E-state index in [1.807, 2.05) is 0 Å². The van der Waals surface area contributed by atoms with Crippen LogP contribution in [-0.4, -0.2) is 29.1 Å². The molecule has 3 rings (SSSR count). The highest BCUT2D eigenvalue weighted by Crippen LogP contribution is 2.26. The van der Waals surface area contributed by atoms with E-state index in [0.29, 0.717) is 19.6 Å². The number of halogens is 2. The molecule has 4 nitrogen and oxygen atoms in total. The summed E-state index contributed by atoms with van der Waals surface area (Å²) in [5.41, 5.74) is 0.0785. The number of benzene rings is 1. The molecule has 0 amide bonds. The topological polar surface area (TPSA) is 44.0 Å². The van der Waals surface area contributed by atoms with Gasteiger partial charge in [-0.15, -0.1) is 0 Å². The molecule has 1 aromatic carbocycles. The van der Waals surface area contributed by atoms with Gasteiger partial charge in [0.25, 0.3) is 0 Å². The second kappa shape index (κ2) is 5.58. The molecule has 0 bridgehead atoms. The van der Waals surface area contributed by atoms with Crippen molar-refractivity contribution >= 4 is 5.69 Å². The third-order valence-corrected chi connectivity index (χ3v) is 3.56. The Morgan fingerprint density at radius 1 is 1.35 bits per heavy atom. The van der Waals surface area contributed by atoms with Gasteiger partial charge in [0.15, 0.2) is 0 Å². The molecule has 20 heavy (non-hydrogen) atoms. The summed E-state index contributed by atoms with van der Waals surface area (Å²) < 4.78 is 27.4. The van der Waals surface area contributed by atoms with Crippen LogP contribution in [0.2, 0.25) is 0 Å². The van der Waals surface area contributed by atoms with Crippen LogP contribution in [0.4, 0.5) is 14.5 Å². The van der Waals surface area contributed by atoms with Crippen LogP contribution in [0.5, 0.6) is 0 Å². The van der Waals surface area contributed by atoms with Crippen molar-refractivity contribution in [2.45, 2.75) is 19.0 Å². The van der Waals surface area contributed by atoms with E-state index in [1.165, 1.54) is 18.2 Å². The minimum atomic E-state index is -0.503. The first-order valence-corrected chi connectivity index (χ1v) is 6.64. The molecule has 1 aromatic heterocycles. The van der Waals surface area contributed by atoms with Crippen LogP contribution in [0, 0.1) is 11.6 Å². The lowest BCUT2D eigenvalue weighted by Gasteiger charge is -2.20. The summed E-state index contributed by atoms with van der Waals surface area (Å²) in [7, 11) is 0. The minimum absolute atomic E-state index is 0.0785. The molecule has 2 heterocycles. The van der Waals surface area contributed by atoms with Crippen molar-refractivity contribution in [3.63, 3.8) is 0 Å². The van der Waals surface area contributed by atoms with Gasteiger partial charge in [0.1, 0.15) is 23.1 Å². The molecule has 1 unspecified atom stereocenters. The van der Waals surface area contributed by atoms with E-state index < -0.39 is 11.6 Å². The van der Waals surface area contributed by atoms with Crippen LogP contribution < -0.4 is 10.2 Å². The third-order valence-electron chi connectivity index (χ3n) is 3.56. The van der Waals surface area contributed by atoms with Gasteiger partial charge >= 0.3 is 0 Å². The van der Waals surface area contributed by atoms with E-state index in [4.69, 9.17) is 0 Å². The Balaban J connectivity index is 1.62. The molecule has 0 aliphatic carbocycles. The van der Waals surface area contributed by atoms with Crippen LogP contribution in [-0.2, 0) is 6.54 Å². The molecule has 2 N–H and O–H groups in total. The molecular weight excluding hydrogens is 262 g/mol. The van der Waals surface area contributed by atoms with E-state index in [1.54, 1.807) is 17.3 Å². The predicted octanol–water partition coefficient (Wildman–Crippen LogP) is 2.06. The fourth-order valence-corrected chi connectivity index (χ4v) is 2.56. The highest BCUT2D eigenvalue weighted by atomic mass is 19.1. The number of hydrogen-bond acceptors (Lipinski definition) is 3. The number of nitrogens with zero attached hydrogens (tertiary/aromatic N) is 2. The molecule has 1 fully saturated rings. The van der Waals surface area contributed by atoms with Gasteiger partial charge < -0.3 is 15.2 Å². The maximum atomic E-state index is 13.7. The minimum Gasteiger partial charge on any atom is -0.365 e. The highest BCUT2D eigenvalue weighted by molar-refractivity contribution is 5.50. The van der Waals surface area contributed by atoms with Gasteiger partial charge in [0.2, 0.25) is 0 Å². The Morgan fingerprint density at radius 3 is 2.85 bits per heavy atom. The van der Waals surface area contributed by atoms with Gasteiger partial charge in [0.05, 0.1) is 6.54 Å². The molecule has 6 heteroatoms. The van der Waals surface area contributed by atoms with Gasteiger partial charge in [-0.05, 0) is 18.6 Å². The zero-order chi connectivity index (χ0) is 13.9. The Bertz CT molecular complexity index is 550. The summed E-state index contributed by atoms with van der Waals surface area (Å²) >= 11 is 0. The number of anilines is 1. The third kappa shape index (κ3) is 2.65. The number of aromatic nitrogens is 2. The summed E-state index contributed by atoms with van der Waals surface area (Å²) in [6.45, 7) is 1.87. The van der Waals surface area contributed by atoms with Crippen LogP contribution in [0.15, 0.2) is 30.6 Å². The first-order valence-electron chi connectivity index (χ1n) is 6.64. The van der Waals surface area contributed by atoms with Crippen molar-refractivity contribution in [2.24, 2.45) is 0 Å². The Labute approximate surface area is 115 Å². The van der Waals surface area contributed by atoms with Crippen molar-refractivity contribution in [3.05, 3.63) is 48.1 Å². The maximum Gasteiger partial charge on any atom is 0.149 e. The fourth-order valence-electron chi connectivity index (χ4n) is 2.56. The lowest BCUT2D eigenvalue weighted by Crippen LogP contribution is -2.32. The van der Waals surface area contributed by atoms with E-state index >= 15 is 0 Å². The first kappa shape index (κ1) is 13.1. The number of rotatable bonds is 4. The van der Waals surface area contributed by atoms with E-state index in [2.05, 4.69) is 15.3 Å². The molecule has 1 saturated heterocycles. The molecule has 1 atom stereocenters. The number of nitrogens with one attached hydrogen (secondary N) is 2. The molecule has 1 aliphatic heterocycles. The lowest BCUT2D eigenvalue weighted by atomic mass is 10.2. The quantitative estimate of drug-likeness (QED) is 0.899. The number of para-hydroxylation sites is 1. The molecule has 0 spiro atoms. The van der Waals surface area contributed by atoms with Crippen molar-refractivity contribution in [1.82, 2.24) is 15.3 Å². The van der Waals surface area contributed by atoms with Gasteiger partial charge in [-0.25, -0.2) is 13.8 Å². The van der Waals surface area contributed by atoms with E-state index in [9.17, 15) is 8.78 Å².